The first kappa shape index (κ1) is 22.6. The standard InChI is InChI=1S/C29H25FN2O3/c30-24-11-7-22(8-12-24)29(34)32-17-16-26-23(19-32)18-27(35-26)21-9-13-25(14-10-21)31-28(33)15-6-20-4-2-1-3-5-20/h1-5,7-14,18H,6,15-17,19H2,(H,31,33). The lowest BCUT2D eigenvalue weighted by Gasteiger charge is -2.26. The van der Waals surface area contributed by atoms with E-state index in [4.69, 9.17) is 4.42 Å². The van der Waals surface area contributed by atoms with Gasteiger partial charge in [-0.3, -0.25) is 9.59 Å². The molecule has 2 heterocycles. The van der Waals surface area contributed by atoms with E-state index < -0.39 is 0 Å². The molecule has 0 saturated carbocycles. The normalized spacial score (nSPS) is 12.8. The fraction of sp³-hybridized carbons (Fsp3) is 0.172. The molecule has 1 aliphatic rings. The lowest BCUT2D eigenvalue weighted by atomic mass is 10.1. The monoisotopic (exact) mass is 468 g/mol. The maximum Gasteiger partial charge on any atom is 0.254 e. The number of aryl methyl sites for hydroxylation is 1. The Hall–Kier alpha value is -4.19. The molecule has 5 rings (SSSR count). The van der Waals surface area contributed by atoms with Gasteiger partial charge in [0.05, 0.1) is 0 Å². The van der Waals surface area contributed by atoms with Crippen molar-refractivity contribution in [3.05, 3.63) is 113 Å². The summed E-state index contributed by atoms with van der Waals surface area (Å²) in [4.78, 5) is 26.8. The zero-order valence-corrected chi connectivity index (χ0v) is 19.2. The minimum absolute atomic E-state index is 0.0269. The number of halogens is 1. The Balaban J connectivity index is 1.20. The topological polar surface area (TPSA) is 62.6 Å². The van der Waals surface area contributed by atoms with E-state index in [9.17, 15) is 14.0 Å². The first-order valence-electron chi connectivity index (χ1n) is 11.7. The number of nitrogens with zero attached hydrogens (tertiary/aromatic N) is 1. The zero-order valence-electron chi connectivity index (χ0n) is 19.2. The molecule has 0 radical (unpaired) electrons. The molecule has 1 N–H and O–H groups in total. The van der Waals surface area contributed by atoms with Crippen molar-refractivity contribution in [3.8, 4) is 11.3 Å². The highest BCUT2D eigenvalue weighted by Gasteiger charge is 2.25. The number of carbonyl (C=O) groups excluding carboxylic acids is 2. The van der Waals surface area contributed by atoms with Gasteiger partial charge in [0.25, 0.3) is 5.91 Å². The molecule has 35 heavy (non-hydrogen) atoms. The van der Waals surface area contributed by atoms with Gasteiger partial charge in [-0.05, 0) is 66.6 Å². The second-order valence-electron chi connectivity index (χ2n) is 8.65. The van der Waals surface area contributed by atoms with Crippen LogP contribution < -0.4 is 5.32 Å². The second kappa shape index (κ2) is 9.97. The molecule has 0 bridgehead atoms. The van der Waals surface area contributed by atoms with Crippen LogP contribution in [0.1, 0.15) is 33.7 Å². The minimum Gasteiger partial charge on any atom is -0.461 e. The summed E-state index contributed by atoms with van der Waals surface area (Å²) in [6, 6.07) is 25.1. The van der Waals surface area contributed by atoms with Crippen LogP contribution in [-0.4, -0.2) is 23.3 Å². The SMILES string of the molecule is O=C(CCc1ccccc1)Nc1ccc(-c2cc3c(o2)CCN(C(=O)c2ccc(F)cc2)C3)cc1. The van der Waals surface area contributed by atoms with Gasteiger partial charge >= 0.3 is 0 Å². The Kier molecular flexibility index (Phi) is 6.44. The number of fused-ring (bicyclic) bond motifs is 1. The molecule has 0 spiro atoms. The van der Waals surface area contributed by atoms with Crippen molar-refractivity contribution in [3.63, 3.8) is 0 Å². The van der Waals surface area contributed by atoms with Crippen LogP contribution in [0.3, 0.4) is 0 Å². The van der Waals surface area contributed by atoms with Crippen molar-refractivity contribution in [2.24, 2.45) is 0 Å². The van der Waals surface area contributed by atoms with Crippen LogP contribution in [0, 0.1) is 5.82 Å². The maximum absolute atomic E-state index is 13.2. The number of hydrogen-bond donors (Lipinski definition) is 1. The van der Waals surface area contributed by atoms with E-state index in [1.807, 2.05) is 60.7 Å². The van der Waals surface area contributed by atoms with Gasteiger partial charge < -0.3 is 14.6 Å². The van der Waals surface area contributed by atoms with Gasteiger partial charge in [-0.15, -0.1) is 0 Å². The van der Waals surface area contributed by atoms with Crippen LogP contribution in [0.2, 0.25) is 0 Å². The molecule has 2 amide bonds. The minimum atomic E-state index is -0.361. The number of rotatable bonds is 6. The molecule has 5 nitrogen and oxygen atoms in total. The van der Waals surface area contributed by atoms with Gasteiger partial charge in [-0.25, -0.2) is 4.39 Å². The Morgan fingerprint density at radius 2 is 1.69 bits per heavy atom. The molecule has 0 aliphatic carbocycles. The van der Waals surface area contributed by atoms with Gasteiger partial charge in [0.15, 0.2) is 0 Å². The number of hydrogen-bond acceptors (Lipinski definition) is 3. The Labute approximate surface area is 203 Å². The average Bonchev–Trinajstić information content (AvgIpc) is 3.32. The van der Waals surface area contributed by atoms with Gasteiger partial charge in [-0.2, -0.15) is 0 Å². The zero-order chi connectivity index (χ0) is 24.2. The molecule has 176 valence electrons. The quantitative estimate of drug-likeness (QED) is 0.386. The lowest BCUT2D eigenvalue weighted by molar-refractivity contribution is -0.116. The number of carbonyl (C=O) groups is 2. The highest BCUT2D eigenvalue weighted by Crippen LogP contribution is 2.31. The highest BCUT2D eigenvalue weighted by atomic mass is 19.1. The molecule has 0 saturated heterocycles. The summed E-state index contributed by atoms with van der Waals surface area (Å²) in [5, 5.41) is 2.94. The summed E-state index contributed by atoms with van der Waals surface area (Å²) in [7, 11) is 0. The number of nitrogens with one attached hydrogen (secondary N) is 1. The van der Waals surface area contributed by atoms with Crippen molar-refractivity contribution in [1.82, 2.24) is 4.90 Å². The number of benzene rings is 3. The summed E-state index contributed by atoms with van der Waals surface area (Å²) < 4.78 is 19.3. The molecular formula is C29H25FN2O3. The van der Waals surface area contributed by atoms with E-state index in [1.165, 1.54) is 24.3 Å². The van der Waals surface area contributed by atoms with Crippen molar-refractivity contribution < 1.29 is 18.4 Å². The first-order valence-corrected chi connectivity index (χ1v) is 11.7. The third-order valence-electron chi connectivity index (χ3n) is 6.18. The molecule has 6 heteroatoms. The summed E-state index contributed by atoms with van der Waals surface area (Å²) in [5.41, 5.74) is 4.22. The first-order chi connectivity index (χ1) is 17.0. The predicted molar refractivity (Wildman–Crippen MR) is 132 cm³/mol. The molecule has 0 unspecified atom stereocenters. The highest BCUT2D eigenvalue weighted by molar-refractivity contribution is 5.94. The molecule has 3 aromatic carbocycles. The molecule has 4 aromatic rings. The van der Waals surface area contributed by atoms with E-state index in [0.717, 1.165) is 33.9 Å². The summed E-state index contributed by atoms with van der Waals surface area (Å²) in [5.74, 6) is 1.10. The predicted octanol–water partition coefficient (Wildman–Crippen LogP) is 5.86. The van der Waals surface area contributed by atoms with Crippen LogP contribution in [0.5, 0.6) is 0 Å². The average molecular weight is 469 g/mol. The fourth-order valence-electron chi connectivity index (χ4n) is 4.27. The van der Waals surface area contributed by atoms with Crippen molar-refractivity contribution >= 4 is 17.5 Å². The van der Waals surface area contributed by atoms with E-state index in [-0.39, 0.29) is 17.6 Å². The van der Waals surface area contributed by atoms with Gasteiger partial charge in [0.1, 0.15) is 17.3 Å². The fourth-order valence-corrected chi connectivity index (χ4v) is 4.27. The van der Waals surface area contributed by atoms with Crippen LogP contribution in [0.25, 0.3) is 11.3 Å². The lowest BCUT2D eigenvalue weighted by Crippen LogP contribution is -2.35. The van der Waals surface area contributed by atoms with E-state index in [1.54, 1.807) is 4.90 Å². The van der Waals surface area contributed by atoms with E-state index in [0.29, 0.717) is 37.9 Å². The molecule has 0 fully saturated rings. The molecular weight excluding hydrogens is 443 g/mol. The van der Waals surface area contributed by atoms with Gasteiger partial charge in [0, 0.05) is 48.3 Å². The maximum atomic E-state index is 13.2. The summed E-state index contributed by atoms with van der Waals surface area (Å²) in [6.07, 6.45) is 1.74. The number of anilines is 1. The smallest absolute Gasteiger partial charge is 0.254 e. The van der Waals surface area contributed by atoms with Crippen LogP contribution in [0.4, 0.5) is 10.1 Å². The molecule has 1 aliphatic heterocycles. The van der Waals surface area contributed by atoms with Gasteiger partial charge in [-0.1, -0.05) is 30.3 Å². The van der Waals surface area contributed by atoms with Crippen molar-refractivity contribution in [2.75, 3.05) is 11.9 Å². The second-order valence-corrected chi connectivity index (χ2v) is 8.65. The molecule has 0 atom stereocenters. The number of furan rings is 1. The van der Waals surface area contributed by atoms with Crippen molar-refractivity contribution in [2.45, 2.75) is 25.8 Å². The third-order valence-corrected chi connectivity index (χ3v) is 6.18. The third kappa shape index (κ3) is 5.32. The molecule has 1 aromatic heterocycles. The van der Waals surface area contributed by atoms with E-state index >= 15 is 0 Å². The van der Waals surface area contributed by atoms with Crippen LogP contribution >= 0.6 is 0 Å². The Morgan fingerprint density at radius 3 is 2.43 bits per heavy atom. The Morgan fingerprint density at radius 1 is 0.943 bits per heavy atom. The number of amides is 2. The van der Waals surface area contributed by atoms with Crippen LogP contribution in [0.15, 0.2) is 89.3 Å². The van der Waals surface area contributed by atoms with Crippen LogP contribution in [-0.2, 0) is 24.2 Å². The van der Waals surface area contributed by atoms with Gasteiger partial charge in [0.2, 0.25) is 5.91 Å². The summed E-state index contributed by atoms with van der Waals surface area (Å²) >= 11 is 0. The van der Waals surface area contributed by atoms with Crippen molar-refractivity contribution in [1.29, 1.82) is 0 Å². The largest absolute Gasteiger partial charge is 0.461 e. The van der Waals surface area contributed by atoms with E-state index in [2.05, 4.69) is 5.32 Å². The summed E-state index contributed by atoms with van der Waals surface area (Å²) in [6.45, 7) is 0.995. The Bertz CT molecular complexity index is 1330.